The van der Waals surface area contributed by atoms with Crippen molar-refractivity contribution in [1.82, 2.24) is 10.2 Å². The lowest BCUT2D eigenvalue weighted by Crippen LogP contribution is -2.43. The molecule has 0 aromatic heterocycles. The maximum absolute atomic E-state index is 12.8. The number of hydrogen-bond donors (Lipinski definition) is 3. The number of benzene rings is 2. The number of fused-ring (bicyclic) bond motifs is 1. The number of anilines is 1. The zero-order valence-corrected chi connectivity index (χ0v) is 21.8. The van der Waals surface area contributed by atoms with E-state index in [1.54, 1.807) is 0 Å². The van der Waals surface area contributed by atoms with Gasteiger partial charge >= 0.3 is 6.03 Å². The third-order valence-corrected chi connectivity index (χ3v) is 8.81. The van der Waals surface area contributed by atoms with Crippen molar-refractivity contribution in [2.45, 2.75) is 88.6 Å². The summed E-state index contributed by atoms with van der Waals surface area (Å²) < 4.78 is 0. The molecule has 5 rings (SSSR count). The molecular weight excluding hydrogens is 446 g/mol. The molecule has 2 aromatic rings. The molecule has 3 aliphatic rings. The summed E-state index contributed by atoms with van der Waals surface area (Å²) in [6.07, 6.45) is 14.9. The standard InChI is InChI=1S/C30H43N5O/c1-35-21-30(34-28(35)31,17-16-22-8-3-2-4-9-22)20-23-10-7-13-26(18-23)32-29(36)33-27-15-14-24-11-5-6-12-25(24)19-27/h5-6,11-12,14-15,19,22-23,26H,2-4,7-10,13,16-18,20-21H2,1H3,(H2,31,34)(H2,32,33,36)/t23-,26+,30+/m0/s1. The van der Waals surface area contributed by atoms with Crippen LogP contribution < -0.4 is 16.4 Å². The second-order valence-electron chi connectivity index (χ2n) is 11.7. The summed E-state index contributed by atoms with van der Waals surface area (Å²) in [6, 6.07) is 14.4. The van der Waals surface area contributed by atoms with Crippen molar-refractivity contribution >= 4 is 28.5 Å². The molecule has 4 N–H and O–H groups in total. The number of likely N-dealkylation sites (N-methyl/N-ethyl adjacent to an activating group) is 1. The van der Waals surface area contributed by atoms with E-state index in [2.05, 4.69) is 40.8 Å². The smallest absolute Gasteiger partial charge is 0.319 e. The molecule has 0 radical (unpaired) electrons. The van der Waals surface area contributed by atoms with E-state index in [0.29, 0.717) is 11.9 Å². The third-order valence-electron chi connectivity index (χ3n) is 8.81. The van der Waals surface area contributed by atoms with Crippen LogP contribution in [0, 0.1) is 11.8 Å². The predicted molar refractivity (Wildman–Crippen MR) is 149 cm³/mol. The van der Waals surface area contributed by atoms with E-state index in [4.69, 9.17) is 10.7 Å². The highest BCUT2D eigenvalue weighted by atomic mass is 16.2. The Morgan fingerprint density at radius 3 is 2.58 bits per heavy atom. The van der Waals surface area contributed by atoms with Gasteiger partial charge in [0.2, 0.25) is 0 Å². The number of carbonyl (C=O) groups is 1. The first kappa shape index (κ1) is 24.9. The van der Waals surface area contributed by atoms with Gasteiger partial charge in [-0.1, -0.05) is 75.3 Å². The van der Waals surface area contributed by atoms with Crippen molar-refractivity contribution in [3.63, 3.8) is 0 Å². The van der Waals surface area contributed by atoms with Crippen LogP contribution in [0.1, 0.15) is 77.0 Å². The average molecular weight is 490 g/mol. The number of nitrogens with two attached hydrogens (primary N) is 1. The summed E-state index contributed by atoms with van der Waals surface area (Å²) in [5, 5.41) is 8.62. The number of carbonyl (C=O) groups excluding carboxylic acids is 1. The van der Waals surface area contributed by atoms with Crippen molar-refractivity contribution in [3.05, 3.63) is 42.5 Å². The van der Waals surface area contributed by atoms with Crippen LogP contribution in [0.25, 0.3) is 10.8 Å². The summed E-state index contributed by atoms with van der Waals surface area (Å²) in [5.74, 6) is 2.12. The van der Waals surface area contributed by atoms with Crippen LogP contribution in [0.15, 0.2) is 47.5 Å². The molecule has 2 saturated carbocycles. The fourth-order valence-electron chi connectivity index (χ4n) is 6.95. The summed E-state index contributed by atoms with van der Waals surface area (Å²) in [4.78, 5) is 20.0. The van der Waals surface area contributed by atoms with Crippen LogP contribution in [-0.4, -0.2) is 42.1 Å². The van der Waals surface area contributed by atoms with Crippen molar-refractivity contribution in [2.24, 2.45) is 22.6 Å². The number of rotatable bonds is 7. The van der Waals surface area contributed by atoms with E-state index in [0.717, 1.165) is 55.6 Å². The molecule has 2 aliphatic carbocycles. The van der Waals surface area contributed by atoms with E-state index in [1.165, 1.54) is 50.3 Å². The van der Waals surface area contributed by atoms with Crippen LogP contribution in [0.3, 0.4) is 0 Å². The van der Waals surface area contributed by atoms with E-state index in [9.17, 15) is 4.79 Å². The van der Waals surface area contributed by atoms with Gasteiger partial charge in [-0.2, -0.15) is 0 Å². The Morgan fingerprint density at radius 2 is 1.81 bits per heavy atom. The molecule has 6 heteroatoms. The van der Waals surface area contributed by atoms with Gasteiger partial charge in [0, 0.05) is 25.3 Å². The molecule has 0 spiro atoms. The zero-order chi connectivity index (χ0) is 25.0. The van der Waals surface area contributed by atoms with Gasteiger partial charge in [-0.3, -0.25) is 0 Å². The summed E-state index contributed by atoms with van der Waals surface area (Å²) in [5.41, 5.74) is 7.05. The fourth-order valence-corrected chi connectivity index (χ4v) is 6.95. The van der Waals surface area contributed by atoms with Gasteiger partial charge in [-0.25, -0.2) is 9.79 Å². The van der Waals surface area contributed by atoms with E-state index in [1.807, 2.05) is 24.3 Å². The van der Waals surface area contributed by atoms with Crippen molar-refractivity contribution in [3.8, 4) is 0 Å². The quantitative estimate of drug-likeness (QED) is 0.429. The first-order chi connectivity index (χ1) is 17.5. The van der Waals surface area contributed by atoms with Gasteiger partial charge in [-0.05, 0) is 66.8 Å². The van der Waals surface area contributed by atoms with Gasteiger partial charge < -0.3 is 21.3 Å². The number of nitrogens with one attached hydrogen (secondary N) is 2. The predicted octanol–water partition coefficient (Wildman–Crippen LogP) is 6.27. The highest BCUT2D eigenvalue weighted by molar-refractivity contribution is 5.93. The monoisotopic (exact) mass is 489 g/mol. The lowest BCUT2D eigenvalue weighted by atomic mass is 9.74. The second-order valence-corrected chi connectivity index (χ2v) is 11.7. The molecule has 194 valence electrons. The zero-order valence-electron chi connectivity index (χ0n) is 21.8. The largest absolute Gasteiger partial charge is 0.370 e. The average Bonchev–Trinajstić information content (AvgIpc) is 3.16. The van der Waals surface area contributed by atoms with Gasteiger partial charge in [0.15, 0.2) is 5.96 Å². The third kappa shape index (κ3) is 6.13. The number of urea groups is 1. The topological polar surface area (TPSA) is 82.8 Å². The second kappa shape index (κ2) is 11.1. The maximum Gasteiger partial charge on any atom is 0.319 e. The highest BCUT2D eigenvalue weighted by Crippen LogP contribution is 2.39. The fraction of sp³-hybridized carbons (Fsp3) is 0.600. The van der Waals surface area contributed by atoms with Gasteiger partial charge in [0.25, 0.3) is 0 Å². The number of nitrogens with zero attached hydrogens (tertiary/aromatic N) is 2. The number of aliphatic imine (C=N–C) groups is 1. The first-order valence-electron chi connectivity index (χ1n) is 14.1. The number of guanidine groups is 1. The molecule has 0 unspecified atom stereocenters. The molecule has 0 bridgehead atoms. The number of hydrogen-bond acceptors (Lipinski definition) is 4. The van der Waals surface area contributed by atoms with Crippen LogP contribution in [0.5, 0.6) is 0 Å². The molecule has 36 heavy (non-hydrogen) atoms. The lowest BCUT2D eigenvalue weighted by molar-refractivity contribution is 0.196. The highest BCUT2D eigenvalue weighted by Gasteiger charge is 2.40. The van der Waals surface area contributed by atoms with Crippen LogP contribution in [0.4, 0.5) is 10.5 Å². The molecule has 2 fully saturated rings. The Kier molecular flexibility index (Phi) is 7.68. The molecule has 3 atom stereocenters. The molecule has 1 heterocycles. The Bertz CT molecular complexity index is 1080. The SMILES string of the molecule is CN1C[C@@](CCC2CCCCC2)(C[C@H]2CCC[C@@H](NC(=O)Nc3ccc4ccccc4c3)C2)N=C1N. The summed E-state index contributed by atoms with van der Waals surface area (Å²) in [7, 11) is 2.07. The lowest BCUT2D eigenvalue weighted by Gasteiger charge is -2.36. The summed E-state index contributed by atoms with van der Waals surface area (Å²) in [6.45, 7) is 0.933. The van der Waals surface area contributed by atoms with E-state index >= 15 is 0 Å². The first-order valence-corrected chi connectivity index (χ1v) is 14.1. The minimum absolute atomic E-state index is 0.0593. The van der Waals surface area contributed by atoms with Gasteiger partial charge in [0.1, 0.15) is 0 Å². The van der Waals surface area contributed by atoms with E-state index in [-0.39, 0.29) is 17.6 Å². The summed E-state index contributed by atoms with van der Waals surface area (Å²) >= 11 is 0. The Hall–Kier alpha value is -2.76. The van der Waals surface area contributed by atoms with Crippen LogP contribution >= 0.6 is 0 Å². The van der Waals surface area contributed by atoms with Crippen LogP contribution in [-0.2, 0) is 0 Å². The Balaban J connectivity index is 1.17. The maximum atomic E-state index is 12.8. The Labute approximate surface area is 216 Å². The molecule has 1 aliphatic heterocycles. The van der Waals surface area contributed by atoms with Gasteiger partial charge in [-0.15, -0.1) is 0 Å². The Morgan fingerprint density at radius 1 is 1.03 bits per heavy atom. The van der Waals surface area contributed by atoms with Crippen molar-refractivity contribution in [2.75, 3.05) is 18.9 Å². The van der Waals surface area contributed by atoms with Gasteiger partial charge in [0.05, 0.1) is 5.54 Å². The molecule has 0 saturated heterocycles. The molecule has 2 aromatic carbocycles. The molecule has 6 nitrogen and oxygen atoms in total. The van der Waals surface area contributed by atoms with E-state index < -0.39 is 0 Å². The van der Waals surface area contributed by atoms with Crippen molar-refractivity contribution < 1.29 is 4.79 Å². The minimum atomic E-state index is -0.106. The molecule has 2 amide bonds. The molecular formula is C30H43N5O. The number of amides is 2. The normalized spacial score (nSPS) is 27.1. The van der Waals surface area contributed by atoms with Crippen LogP contribution in [0.2, 0.25) is 0 Å². The minimum Gasteiger partial charge on any atom is -0.370 e. The van der Waals surface area contributed by atoms with Crippen molar-refractivity contribution in [1.29, 1.82) is 0 Å².